The monoisotopic (exact) mass is 378 g/mol. The predicted molar refractivity (Wildman–Crippen MR) is 106 cm³/mol. The molecule has 1 aromatic carbocycles. The SMILES string of the molecule is CC(C)CC(C)(CN)NC(=O)c1ccc(=O)n(Cc2ccccc2)n1.Cl. The fourth-order valence-electron chi connectivity index (χ4n) is 2.86. The van der Waals surface area contributed by atoms with Crippen molar-refractivity contribution in [2.75, 3.05) is 6.54 Å². The summed E-state index contributed by atoms with van der Waals surface area (Å²) in [6.07, 6.45) is 0.763. The summed E-state index contributed by atoms with van der Waals surface area (Å²) in [7, 11) is 0. The van der Waals surface area contributed by atoms with Crippen molar-refractivity contribution in [3.8, 4) is 0 Å². The fraction of sp³-hybridized carbons (Fsp3) is 0.421. The lowest BCUT2D eigenvalue weighted by Crippen LogP contribution is -2.52. The van der Waals surface area contributed by atoms with E-state index in [4.69, 9.17) is 5.73 Å². The first kappa shape index (κ1) is 21.9. The summed E-state index contributed by atoms with van der Waals surface area (Å²) in [5.74, 6) is 0.0734. The topological polar surface area (TPSA) is 90.0 Å². The number of nitrogens with one attached hydrogen (secondary N) is 1. The number of hydrogen-bond acceptors (Lipinski definition) is 4. The minimum Gasteiger partial charge on any atom is -0.344 e. The van der Waals surface area contributed by atoms with Gasteiger partial charge in [-0.15, -0.1) is 12.4 Å². The average Bonchev–Trinajstić information content (AvgIpc) is 2.57. The summed E-state index contributed by atoms with van der Waals surface area (Å²) in [6.45, 7) is 6.74. The van der Waals surface area contributed by atoms with Crippen LogP contribution in [0, 0.1) is 5.92 Å². The van der Waals surface area contributed by atoms with E-state index in [1.165, 1.54) is 16.8 Å². The lowest BCUT2D eigenvalue weighted by molar-refractivity contribution is 0.0890. The van der Waals surface area contributed by atoms with Crippen LogP contribution in [0.5, 0.6) is 0 Å². The standard InChI is InChI=1S/C19H26N4O2.ClH/c1-14(2)11-19(3,13-20)21-18(25)16-9-10-17(24)23(22-16)12-15-7-5-4-6-8-15;/h4-10,14H,11-13,20H2,1-3H3,(H,21,25);1H. The molecule has 1 atom stereocenters. The van der Waals surface area contributed by atoms with Gasteiger partial charge in [0, 0.05) is 12.6 Å². The van der Waals surface area contributed by atoms with Gasteiger partial charge in [-0.2, -0.15) is 5.10 Å². The molecule has 1 amide bonds. The van der Waals surface area contributed by atoms with Crippen molar-refractivity contribution in [1.82, 2.24) is 15.1 Å². The summed E-state index contributed by atoms with van der Waals surface area (Å²) >= 11 is 0. The largest absolute Gasteiger partial charge is 0.344 e. The molecule has 1 heterocycles. The van der Waals surface area contributed by atoms with Crippen molar-refractivity contribution in [2.24, 2.45) is 11.7 Å². The number of nitrogens with two attached hydrogens (primary N) is 1. The highest BCUT2D eigenvalue weighted by Crippen LogP contribution is 2.15. The molecular weight excluding hydrogens is 352 g/mol. The van der Waals surface area contributed by atoms with Crippen LogP contribution in [0.25, 0.3) is 0 Å². The number of aromatic nitrogens is 2. The Balaban J connectivity index is 0.00000338. The van der Waals surface area contributed by atoms with Gasteiger partial charge in [-0.3, -0.25) is 9.59 Å². The molecule has 26 heavy (non-hydrogen) atoms. The van der Waals surface area contributed by atoms with Crippen molar-refractivity contribution in [1.29, 1.82) is 0 Å². The van der Waals surface area contributed by atoms with E-state index in [2.05, 4.69) is 24.3 Å². The molecule has 142 valence electrons. The van der Waals surface area contributed by atoms with Crippen molar-refractivity contribution in [2.45, 2.75) is 39.3 Å². The van der Waals surface area contributed by atoms with Gasteiger partial charge in [-0.05, 0) is 30.9 Å². The number of benzene rings is 1. The smallest absolute Gasteiger partial charge is 0.272 e. The fourth-order valence-corrected chi connectivity index (χ4v) is 2.86. The van der Waals surface area contributed by atoms with E-state index in [1.54, 1.807) is 0 Å². The molecule has 0 saturated carbocycles. The van der Waals surface area contributed by atoms with Crippen LogP contribution in [-0.4, -0.2) is 27.8 Å². The zero-order chi connectivity index (χ0) is 18.4. The van der Waals surface area contributed by atoms with Crippen LogP contribution in [0.3, 0.4) is 0 Å². The summed E-state index contributed by atoms with van der Waals surface area (Å²) in [6, 6.07) is 12.3. The highest BCUT2D eigenvalue weighted by molar-refractivity contribution is 5.92. The zero-order valence-corrected chi connectivity index (χ0v) is 16.3. The van der Waals surface area contributed by atoms with Crippen LogP contribution >= 0.6 is 12.4 Å². The second-order valence-corrected chi connectivity index (χ2v) is 7.02. The Morgan fingerprint density at radius 3 is 2.46 bits per heavy atom. The van der Waals surface area contributed by atoms with Crippen LogP contribution < -0.4 is 16.6 Å². The molecule has 1 aromatic heterocycles. The maximum atomic E-state index is 12.6. The highest BCUT2D eigenvalue weighted by Gasteiger charge is 2.27. The second kappa shape index (κ2) is 9.50. The van der Waals surface area contributed by atoms with Crippen LogP contribution in [0.4, 0.5) is 0 Å². The molecular formula is C19H27ClN4O2. The summed E-state index contributed by atoms with van der Waals surface area (Å²) in [5, 5.41) is 7.18. The van der Waals surface area contributed by atoms with E-state index < -0.39 is 5.54 Å². The lowest BCUT2D eigenvalue weighted by Gasteiger charge is -2.31. The van der Waals surface area contributed by atoms with E-state index in [0.29, 0.717) is 19.0 Å². The Bertz CT molecular complexity index is 777. The minimum atomic E-state index is -0.507. The van der Waals surface area contributed by atoms with Gasteiger partial charge in [-0.1, -0.05) is 44.2 Å². The molecule has 2 rings (SSSR count). The third-order valence-corrected chi connectivity index (χ3v) is 4.00. The van der Waals surface area contributed by atoms with Gasteiger partial charge >= 0.3 is 0 Å². The molecule has 3 N–H and O–H groups in total. The van der Waals surface area contributed by atoms with Crippen molar-refractivity contribution < 1.29 is 4.79 Å². The number of amides is 1. The molecule has 0 radical (unpaired) electrons. The van der Waals surface area contributed by atoms with Gasteiger partial charge in [-0.25, -0.2) is 4.68 Å². The van der Waals surface area contributed by atoms with Crippen molar-refractivity contribution >= 4 is 18.3 Å². The number of carbonyl (C=O) groups excluding carboxylic acids is 1. The minimum absolute atomic E-state index is 0. The molecule has 0 fully saturated rings. The second-order valence-electron chi connectivity index (χ2n) is 7.02. The van der Waals surface area contributed by atoms with Gasteiger partial charge in [0.25, 0.3) is 11.5 Å². The Hall–Kier alpha value is -2.18. The Kier molecular flexibility index (Phi) is 7.99. The van der Waals surface area contributed by atoms with E-state index in [1.807, 2.05) is 37.3 Å². The average molecular weight is 379 g/mol. The number of hydrogen-bond donors (Lipinski definition) is 2. The number of nitrogens with zero attached hydrogens (tertiary/aromatic N) is 2. The van der Waals surface area contributed by atoms with Gasteiger partial charge < -0.3 is 11.1 Å². The molecule has 0 saturated heterocycles. The van der Waals surface area contributed by atoms with Crippen molar-refractivity contribution in [3.05, 3.63) is 64.1 Å². The van der Waals surface area contributed by atoms with Crippen LogP contribution in [0.15, 0.2) is 47.3 Å². The highest BCUT2D eigenvalue weighted by atomic mass is 35.5. The van der Waals surface area contributed by atoms with E-state index in [0.717, 1.165) is 12.0 Å². The summed E-state index contributed by atoms with van der Waals surface area (Å²) < 4.78 is 1.30. The van der Waals surface area contributed by atoms with Crippen LogP contribution in [-0.2, 0) is 6.54 Å². The first-order chi connectivity index (χ1) is 11.8. The van der Waals surface area contributed by atoms with E-state index in [9.17, 15) is 9.59 Å². The third-order valence-electron chi connectivity index (χ3n) is 4.00. The molecule has 0 aliphatic heterocycles. The normalized spacial score (nSPS) is 13.0. The van der Waals surface area contributed by atoms with Crippen LogP contribution in [0.1, 0.15) is 43.2 Å². The number of rotatable bonds is 7. The Labute approximate surface area is 160 Å². The quantitative estimate of drug-likeness (QED) is 0.772. The van der Waals surface area contributed by atoms with Gasteiger partial charge in [0.15, 0.2) is 0 Å². The molecule has 0 bridgehead atoms. The zero-order valence-electron chi connectivity index (χ0n) is 15.4. The molecule has 0 aliphatic carbocycles. The third kappa shape index (κ3) is 5.97. The number of halogens is 1. The van der Waals surface area contributed by atoms with E-state index in [-0.39, 0.29) is 29.6 Å². The first-order valence-corrected chi connectivity index (χ1v) is 8.47. The van der Waals surface area contributed by atoms with E-state index >= 15 is 0 Å². The number of carbonyl (C=O) groups is 1. The Morgan fingerprint density at radius 1 is 1.23 bits per heavy atom. The van der Waals surface area contributed by atoms with Gasteiger partial charge in [0.1, 0.15) is 5.69 Å². The molecule has 2 aromatic rings. The van der Waals surface area contributed by atoms with Crippen molar-refractivity contribution in [3.63, 3.8) is 0 Å². The molecule has 0 spiro atoms. The van der Waals surface area contributed by atoms with Gasteiger partial charge in [0.2, 0.25) is 0 Å². The molecule has 0 aliphatic rings. The summed E-state index contributed by atoms with van der Waals surface area (Å²) in [5.41, 5.74) is 6.25. The maximum Gasteiger partial charge on any atom is 0.272 e. The first-order valence-electron chi connectivity index (χ1n) is 8.47. The predicted octanol–water partition coefficient (Wildman–Crippen LogP) is 2.21. The molecule has 6 nitrogen and oxygen atoms in total. The summed E-state index contributed by atoms with van der Waals surface area (Å²) in [4.78, 5) is 24.6. The van der Waals surface area contributed by atoms with Crippen LogP contribution in [0.2, 0.25) is 0 Å². The molecule has 7 heteroatoms. The Morgan fingerprint density at radius 2 is 1.88 bits per heavy atom. The lowest BCUT2D eigenvalue weighted by atomic mass is 9.90. The van der Waals surface area contributed by atoms with Gasteiger partial charge in [0.05, 0.1) is 12.1 Å². The maximum absolute atomic E-state index is 12.6. The molecule has 1 unspecified atom stereocenters.